The van der Waals surface area contributed by atoms with Crippen molar-refractivity contribution in [2.45, 2.75) is 80.2 Å². The second kappa shape index (κ2) is 14.8. The maximum atomic E-state index is 11.3. The van der Waals surface area contributed by atoms with Gasteiger partial charge in [0.2, 0.25) is 11.9 Å². The number of carbonyl (C=O) groups excluding carboxylic acids is 2. The largest absolute Gasteiger partial charge is 0.385 e. The van der Waals surface area contributed by atoms with Crippen molar-refractivity contribution in [2.75, 3.05) is 0 Å². The standard InChI is InChI=1S/C9H13NO.C8H13N3O.2C2H6.HI/c1-6-4-5-8(7(2)11)9(6)10-3;1-4-2-3-5-6(4)7(9)10-11-8(5)12;2*1-2;/h6,8-9H,4-5H2,1-2H3;4-6H,2-3H2,1H3,(H2,9,10)(H,11,12);2*1-2H3;1H. The second-order valence-electron chi connectivity index (χ2n) is 7.09. The van der Waals surface area contributed by atoms with Gasteiger partial charge in [-0.2, -0.15) is 5.10 Å². The molecule has 0 aromatic heterocycles. The van der Waals surface area contributed by atoms with E-state index in [0.29, 0.717) is 17.7 Å². The molecule has 1 heterocycles. The van der Waals surface area contributed by atoms with Gasteiger partial charge in [0.15, 0.2) is 0 Å². The molecule has 3 N–H and O–H groups in total. The van der Waals surface area contributed by atoms with Gasteiger partial charge >= 0.3 is 0 Å². The molecular weight excluding hydrogens is 467 g/mol. The van der Waals surface area contributed by atoms with E-state index in [0.717, 1.165) is 25.7 Å². The fourth-order valence-electron chi connectivity index (χ4n) is 4.11. The van der Waals surface area contributed by atoms with Gasteiger partial charge in [-0.1, -0.05) is 41.5 Å². The van der Waals surface area contributed by atoms with Crippen molar-refractivity contribution in [3.05, 3.63) is 11.4 Å². The molecule has 0 bridgehead atoms. The van der Waals surface area contributed by atoms with E-state index in [1.54, 1.807) is 6.92 Å². The molecule has 1 aliphatic heterocycles. The van der Waals surface area contributed by atoms with Gasteiger partial charge in [0, 0.05) is 17.8 Å². The molecule has 3 aliphatic rings. The van der Waals surface area contributed by atoms with Crippen molar-refractivity contribution >= 4 is 41.5 Å². The number of halogens is 1. The number of Topliss-reactive ketones (excluding diaryl/α,β-unsaturated/α-hetero) is 1. The Morgan fingerprint density at radius 3 is 2.07 bits per heavy atom. The van der Waals surface area contributed by atoms with Crippen LogP contribution in [-0.2, 0) is 9.59 Å². The number of rotatable bonds is 1. The Hall–Kier alpha value is -1.17. The fraction of sp³-hybridized carbons (Fsp3) is 0.810. The highest BCUT2D eigenvalue weighted by molar-refractivity contribution is 14.0. The third kappa shape index (κ3) is 7.34. The summed E-state index contributed by atoms with van der Waals surface area (Å²) in [6, 6.07) is -0.0347. The van der Waals surface area contributed by atoms with E-state index in [9.17, 15) is 9.59 Å². The Bertz CT molecular complexity index is 559. The summed E-state index contributed by atoms with van der Waals surface area (Å²) in [6.45, 7) is 20.7. The highest BCUT2D eigenvalue weighted by Gasteiger charge is 2.42. The normalized spacial score (nSPS) is 32.1. The first-order valence-electron chi connectivity index (χ1n) is 10.4. The van der Waals surface area contributed by atoms with Crippen LogP contribution in [0.15, 0.2) is 5.10 Å². The fourth-order valence-corrected chi connectivity index (χ4v) is 4.11. The lowest BCUT2D eigenvalue weighted by molar-refractivity contribution is -0.126. The molecule has 0 saturated heterocycles. The van der Waals surface area contributed by atoms with Gasteiger partial charge in [0.1, 0.15) is 11.6 Å². The average molecular weight is 506 g/mol. The maximum Gasteiger partial charge on any atom is 0.243 e. The summed E-state index contributed by atoms with van der Waals surface area (Å²) < 4.78 is 0. The van der Waals surface area contributed by atoms with Gasteiger partial charge in [0.05, 0.1) is 5.92 Å². The lowest BCUT2D eigenvalue weighted by atomic mass is 9.88. The predicted molar refractivity (Wildman–Crippen MR) is 126 cm³/mol. The third-order valence-corrected chi connectivity index (χ3v) is 5.55. The quantitative estimate of drug-likeness (QED) is 0.402. The summed E-state index contributed by atoms with van der Waals surface area (Å²) >= 11 is 0. The van der Waals surface area contributed by atoms with Crippen molar-refractivity contribution in [1.29, 1.82) is 0 Å². The Balaban J connectivity index is 0. The first kappa shape index (κ1) is 29.0. The maximum absolute atomic E-state index is 11.3. The molecule has 6 unspecified atom stereocenters. The Morgan fingerprint density at radius 1 is 1.11 bits per heavy atom. The summed E-state index contributed by atoms with van der Waals surface area (Å²) in [5.41, 5.74) is 8.16. The summed E-state index contributed by atoms with van der Waals surface area (Å²) in [7, 11) is 0. The van der Waals surface area contributed by atoms with E-state index in [2.05, 4.69) is 29.2 Å². The summed E-state index contributed by atoms with van der Waals surface area (Å²) in [4.78, 5) is 25.8. The van der Waals surface area contributed by atoms with E-state index in [4.69, 9.17) is 12.3 Å². The number of nitrogens with two attached hydrogens (primary N) is 1. The number of fused-ring (bicyclic) bond motifs is 1. The van der Waals surface area contributed by atoms with Crippen molar-refractivity contribution in [3.63, 3.8) is 0 Å². The Labute approximate surface area is 188 Å². The lowest BCUT2D eigenvalue weighted by Gasteiger charge is -2.24. The van der Waals surface area contributed by atoms with Gasteiger partial charge < -0.3 is 10.6 Å². The molecule has 162 valence electrons. The molecule has 0 spiro atoms. The van der Waals surface area contributed by atoms with Gasteiger partial charge in [-0.05, 0) is 38.5 Å². The van der Waals surface area contributed by atoms with Crippen molar-refractivity contribution in [2.24, 2.45) is 40.4 Å². The van der Waals surface area contributed by atoms with E-state index >= 15 is 0 Å². The number of hydrazone groups is 1. The van der Waals surface area contributed by atoms with Crippen LogP contribution < -0.4 is 11.2 Å². The van der Waals surface area contributed by atoms with Crippen LogP contribution in [-0.4, -0.2) is 23.6 Å². The highest BCUT2D eigenvalue weighted by Crippen LogP contribution is 2.38. The molecular formula is C21H39IN4O2. The van der Waals surface area contributed by atoms with E-state index in [-0.39, 0.29) is 59.5 Å². The number of carbonyl (C=O) groups is 2. The van der Waals surface area contributed by atoms with E-state index in [1.807, 2.05) is 27.7 Å². The van der Waals surface area contributed by atoms with Crippen LogP contribution in [0, 0.1) is 36.2 Å². The van der Waals surface area contributed by atoms with E-state index < -0.39 is 0 Å². The molecule has 7 heteroatoms. The summed E-state index contributed by atoms with van der Waals surface area (Å²) in [6.07, 6.45) is 3.99. The summed E-state index contributed by atoms with van der Waals surface area (Å²) in [5, 5.41) is 3.80. The van der Waals surface area contributed by atoms with E-state index in [1.165, 1.54) is 0 Å². The minimum atomic E-state index is -0.0347. The zero-order valence-electron chi connectivity index (χ0n) is 18.5. The number of ketones is 1. The number of amides is 1. The van der Waals surface area contributed by atoms with Crippen LogP contribution in [0.3, 0.4) is 0 Å². The minimum Gasteiger partial charge on any atom is -0.385 e. The molecule has 0 radical (unpaired) electrons. The van der Waals surface area contributed by atoms with Gasteiger partial charge in [0.25, 0.3) is 0 Å². The van der Waals surface area contributed by atoms with Crippen LogP contribution in [0.5, 0.6) is 0 Å². The molecule has 2 aliphatic carbocycles. The molecule has 6 nitrogen and oxygen atoms in total. The monoisotopic (exact) mass is 506 g/mol. The molecule has 1 amide bonds. The predicted octanol–water partition coefficient (Wildman–Crippen LogP) is 4.63. The number of nitrogens with one attached hydrogen (secondary N) is 1. The van der Waals surface area contributed by atoms with Crippen molar-refractivity contribution in [1.82, 2.24) is 5.43 Å². The first-order valence-corrected chi connectivity index (χ1v) is 10.4. The molecule has 28 heavy (non-hydrogen) atoms. The van der Waals surface area contributed by atoms with Crippen LogP contribution in [0.2, 0.25) is 0 Å². The number of amidine groups is 1. The first-order chi connectivity index (χ1) is 12.9. The van der Waals surface area contributed by atoms with Crippen molar-refractivity contribution in [3.8, 4) is 0 Å². The highest BCUT2D eigenvalue weighted by atomic mass is 127. The van der Waals surface area contributed by atoms with Gasteiger partial charge in [-0.15, -0.1) is 24.0 Å². The zero-order valence-corrected chi connectivity index (χ0v) is 20.8. The van der Waals surface area contributed by atoms with Crippen molar-refractivity contribution < 1.29 is 9.59 Å². The molecule has 6 atom stereocenters. The minimum absolute atomic E-state index is 0. The van der Waals surface area contributed by atoms with Crippen LogP contribution >= 0.6 is 24.0 Å². The molecule has 0 aromatic carbocycles. The summed E-state index contributed by atoms with van der Waals surface area (Å²) in [5.74, 6) is 2.06. The number of hydrogen-bond donors (Lipinski definition) is 2. The van der Waals surface area contributed by atoms with Crippen LogP contribution in [0.1, 0.15) is 74.1 Å². The molecule has 0 aromatic rings. The number of nitrogens with zero attached hydrogens (tertiary/aromatic N) is 2. The third-order valence-electron chi connectivity index (χ3n) is 5.55. The topological polar surface area (TPSA) is 88.9 Å². The van der Waals surface area contributed by atoms with Crippen LogP contribution in [0.25, 0.3) is 4.85 Å². The van der Waals surface area contributed by atoms with Crippen LogP contribution in [0.4, 0.5) is 0 Å². The Kier molecular flexibility index (Phi) is 15.3. The number of hydrogen-bond acceptors (Lipinski definition) is 4. The van der Waals surface area contributed by atoms with Gasteiger partial charge in [-0.3, -0.25) is 9.59 Å². The van der Waals surface area contributed by atoms with Gasteiger partial charge in [-0.25, -0.2) is 12.0 Å². The smallest absolute Gasteiger partial charge is 0.243 e. The SMILES string of the molecule is CC.CC.CC1CCC2C(=O)NN=C(N)C12.I.[C-]#[N+]C1C(C)CCC1C(C)=O. The lowest BCUT2D eigenvalue weighted by Crippen LogP contribution is -2.44. The molecule has 2 saturated carbocycles. The second-order valence-corrected chi connectivity index (χ2v) is 7.09. The zero-order chi connectivity index (χ0) is 21.1. The molecule has 3 rings (SSSR count). The average Bonchev–Trinajstić information content (AvgIpc) is 3.26. The molecule has 2 fully saturated rings. The Morgan fingerprint density at radius 2 is 1.64 bits per heavy atom.